The average molecular weight is 380 g/mol. The van der Waals surface area contributed by atoms with Crippen molar-refractivity contribution in [3.8, 4) is 0 Å². The van der Waals surface area contributed by atoms with Crippen molar-refractivity contribution in [2.45, 2.75) is 43.9 Å². The normalized spacial score (nSPS) is 23.4. The largest absolute Gasteiger partial charge is 0.378 e. The highest BCUT2D eigenvalue weighted by molar-refractivity contribution is 5.76. The molecule has 2 aromatic rings. The van der Waals surface area contributed by atoms with Crippen molar-refractivity contribution >= 4 is 5.91 Å². The maximum atomic E-state index is 12.6. The van der Waals surface area contributed by atoms with Crippen LogP contribution in [0.3, 0.4) is 0 Å². The molecule has 0 bridgehead atoms. The van der Waals surface area contributed by atoms with Gasteiger partial charge < -0.3 is 9.64 Å². The molecule has 5 nitrogen and oxygen atoms in total. The van der Waals surface area contributed by atoms with Gasteiger partial charge in [0.1, 0.15) is 0 Å². The molecule has 148 valence electrons. The number of hydrogen-bond donors (Lipinski definition) is 0. The summed E-state index contributed by atoms with van der Waals surface area (Å²) in [5.41, 5.74) is 2.46. The van der Waals surface area contributed by atoms with Crippen LogP contribution in [-0.4, -0.2) is 59.6 Å². The molecule has 1 aromatic carbocycles. The molecule has 4 rings (SSSR count). The number of piperidine rings is 1. The number of carbonyl (C=O) groups is 1. The lowest BCUT2D eigenvalue weighted by Gasteiger charge is -2.53. The lowest BCUT2D eigenvalue weighted by molar-refractivity contribution is -0.137. The molecule has 5 heteroatoms. The first kappa shape index (κ1) is 19.1. The number of ether oxygens (including phenoxy) is 1. The molecule has 0 saturated carbocycles. The van der Waals surface area contributed by atoms with Gasteiger partial charge in [-0.25, -0.2) is 0 Å². The van der Waals surface area contributed by atoms with E-state index in [-0.39, 0.29) is 18.1 Å². The number of aryl methyl sites for hydroxylation is 1. The molecule has 1 amide bonds. The Morgan fingerprint density at radius 2 is 1.93 bits per heavy atom. The predicted octanol–water partition coefficient (Wildman–Crippen LogP) is 3.08. The summed E-state index contributed by atoms with van der Waals surface area (Å²) in [7, 11) is 1.79. The molecule has 0 N–H and O–H groups in total. The van der Waals surface area contributed by atoms with Crippen LogP contribution in [0.5, 0.6) is 0 Å². The minimum atomic E-state index is 0.231. The lowest BCUT2D eigenvalue weighted by atomic mass is 9.87. The maximum Gasteiger partial charge on any atom is 0.222 e. The van der Waals surface area contributed by atoms with Gasteiger partial charge in [-0.05, 0) is 36.5 Å². The van der Waals surface area contributed by atoms with Gasteiger partial charge in [0.2, 0.25) is 5.91 Å². The summed E-state index contributed by atoms with van der Waals surface area (Å²) >= 11 is 0. The van der Waals surface area contributed by atoms with Gasteiger partial charge in [-0.3, -0.25) is 14.7 Å². The topological polar surface area (TPSA) is 45.7 Å². The number of carbonyl (C=O) groups excluding carboxylic acids is 1. The van der Waals surface area contributed by atoms with Gasteiger partial charge in [-0.15, -0.1) is 0 Å². The third-order valence-electron chi connectivity index (χ3n) is 6.19. The molecule has 0 aliphatic carbocycles. The molecule has 1 aromatic heterocycles. The van der Waals surface area contributed by atoms with Crippen LogP contribution in [0.2, 0.25) is 0 Å². The molecular formula is C23H29N3O2. The summed E-state index contributed by atoms with van der Waals surface area (Å²) in [6.07, 6.45) is 7.48. The number of pyridine rings is 1. The summed E-state index contributed by atoms with van der Waals surface area (Å²) in [5.74, 6) is 0.282. The Morgan fingerprint density at radius 3 is 2.61 bits per heavy atom. The molecular weight excluding hydrogens is 350 g/mol. The molecule has 2 fully saturated rings. The number of nitrogens with zero attached hydrogens (tertiary/aromatic N) is 3. The van der Waals surface area contributed by atoms with Gasteiger partial charge >= 0.3 is 0 Å². The lowest BCUT2D eigenvalue weighted by Crippen LogP contribution is -2.60. The number of methoxy groups -OCH3 is 1. The smallest absolute Gasteiger partial charge is 0.222 e. The monoisotopic (exact) mass is 379 g/mol. The molecule has 2 atom stereocenters. The highest BCUT2D eigenvalue weighted by Crippen LogP contribution is 2.39. The van der Waals surface area contributed by atoms with Crippen LogP contribution in [0.25, 0.3) is 0 Å². The standard InChI is InChI=1S/C23H29N3O2/c1-28-21-17-26(23(21)19-8-5-13-24-16-19)20-11-14-25(15-12-20)22(27)10-9-18-6-3-2-4-7-18/h2-8,13,16,20-21,23H,9-12,14-15,17H2,1H3. The summed E-state index contributed by atoms with van der Waals surface area (Å²) in [4.78, 5) is 21.5. The van der Waals surface area contributed by atoms with Crippen molar-refractivity contribution in [1.29, 1.82) is 0 Å². The second-order valence-electron chi connectivity index (χ2n) is 7.80. The van der Waals surface area contributed by atoms with E-state index in [4.69, 9.17) is 4.74 Å². The number of aromatic nitrogens is 1. The van der Waals surface area contributed by atoms with Crippen molar-refractivity contribution in [3.05, 3.63) is 66.0 Å². The Bertz CT molecular complexity index is 760. The van der Waals surface area contributed by atoms with Crippen LogP contribution in [0, 0.1) is 0 Å². The van der Waals surface area contributed by atoms with E-state index < -0.39 is 0 Å². The van der Waals surface area contributed by atoms with Gasteiger partial charge in [0.25, 0.3) is 0 Å². The van der Waals surface area contributed by atoms with Crippen LogP contribution in [0.1, 0.15) is 36.4 Å². The van der Waals surface area contributed by atoms with E-state index in [0.717, 1.165) is 38.9 Å². The van der Waals surface area contributed by atoms with Crippen molar-refractivity contribution in [2.75, 3.05) is 26.7 Å². The third-order valence-corrected chi connectivity index (χ3v) is 6.19. The van der Waals surface area contributed by atoms with Gasteiger partial charge in [0, 0.05) is 51.6 Å². The van der Waals surface area contributed by atoms with Gasteiger partial charge in [0.15, 0.2) is 0 Å². The summed E-state index contributed by atoms with van der Waals surface area (Å²) in [6.45, 7) is 2.67. The van der Waals surface area contributed by atoms with E-state index in [2.05, 4.69) is 28.1 Å². The molecule has 3 heterocycles. The first-order valence-corrected chi connectivity index (χ1v) is 10.3. The van der Waals surface area contributed by atoms with Gasteiger partial charge in [-0.2, -0.15) is 0 Å². The van der Waals surface area contributed by atoms with Crippen LogP contribution in [-0.2, 0) is 16.0 Å². The Hall–Kier alpha value is -2.24. The molecule has 2 unspecified atom stereocenters. The number of likely N-dealkylation sites (tertiary alicyclic amines) is 2. The zero-order chi connectivity index (χ0) is 19.3. The minimum absolute atomic E-state index is 0.231. The van der Waals surface area contributed by atoms with Crippen molar-refractivity contribution in [2.24, 2.45) is 0 Å². The Balaban J connectivity index is 1.29. The summed E-state index contributed by atoms with van der Waals surface area (Å²) in [5, 5.41) is 0. The van der Waals surface area contributed by atoms with E-state index in [0.29, 0.717) is 12.5 Å². The number of benzene rings is 1. The highest BCUT2D eigenvalue weighted by Gasteiger charge is 2.44. The Morgan fingerprint density at radius 1 is 1.14 bits per heavy atom. The zero-order valence-electron chi connectivity index (χ0n) is 16.5. The fourth-order valence-electron chi connectivity index (χ4n) is 4.53. The van der Waals surface area contributed by atoms with Gasteiger partial charge in [-0.1, -0.05) is 36.4 Å². The van der Waals surface area contributed by atoms with Crippen LogP contribution >= 0.6 is 0 Å². The summed E-state index contributed by atoms with van der Waals surface area (Å²) < 4.78 is 5.67. The minimum Gasteiger partial charge on any atom is -0.378 e. The second kappa shape index (κ2) is 8.84. The van der Waals surface area contributed by atoms with Crippen molar-refractivity contribution < 1.29 is 9.53 Å². The fourth-order valence-corrected chi connectivity index (χ4v) is 4.53. The molecule has 2 aliphatic rings. The van der Waals surface area contributed by atoms with E-state index >= 15 is 0 Å². The maximum absolute atomic E-state index is 12.6. The zero-order valence-corrected chi connectivity index (χ0v) is 16.5. The molecule has 2 aliphatic heterocycles. The Kier molecular flexibility index (Phi) is 6.03. The number of amides is 1. The Labute approximate surface area is 167 Å². The summed E-state index contributed by atoms with van der Waals surface area (Å²) in [6, 6.07) is 15.2. The predicted molar refractivity (Wildman–Crippen MR) is 109 cm³/mol. The molecule has 0 radical (unpaired) electrons. The van der Waals surface area contributed by atoms with E-state index in [1.807, 2.05) is 41.6 Å². The highest BCUT2D eigenvalue weighted by atomic mass is 16.5. The SMILES string of the molecule is COC1CN(C2CCN(C(=O)CCc3ccccc3)CC2)C1c1cccnc1. The van der Waals surface area contributed by atoms with E-state index in [1.165, 1.54) is 11.1 Å². The molecule has 0 spiro atoms. The van der Waals surface area contributed by atoms with Crippen LogP contribution in [0.4, 0.5) is 0 Å². The van der Waals surface area contributed by atoms with E-state index in [9.17, 15) is 4.79 Å². The third kappa shape index (κ3) is 4.10. The molecule has 2 saturated heterocycles. The van der Waals surface area contributed by atoms with E-state index in [1.54, 1.807) is 7.11 Å². The second-order valence-corrected chi connectivity index (χ2v) is 7.80. The van der Waals surface area contributed by atoms with Crippen molar-refractivity contribution in [3.63, 3.8) is 0 Å². The first-order chi connectivity index (χ1) is 13.8. The number of hydrogen-bond acceptors (Lipinski definition) is 4. The van der Waals surface area contributed by atoms with Crippen LogP contribution < -0.4 is 0 Å². The fraction of sp³-hybridized carbons (Fsp3) is 0.478. The molecule has 28 heavy (non-hydrogen) atoms. The quantitative estimate of drug-likeness (QED) is 0.774. The first-order valence-electron chi connectivity index (χ1n) is 10.3. The number of rotatable bonds is 6. The van der Waals surface area contributed by atoms with Crippen LogP contribution in [0.15, 0.2) is 54.9 Å². The van der Waals surface area contributed by atoms with Gasteiger partial charge in [0.05, 0.1) is 12.1 Å². The average Bonchev–Trinajstić information content (AvgIpc) is 2.74. The van der Waals surface area contributed by atoms with Crippen molar-refractivity contribution in [1.82, 2.24) is 14.8 Å².